The lowest BCUT2D eigenvalue weighted by atomic mass is 10.0. The molecule has 1 aliphatic heterocycles. The Hall–Kier alpha value is -0.0800. The number of rotatable bonds is 2. The van der Waals surface area contributed by atoms with Crippen molar-refractivity contribution in [1.82, 2.24) is 10.2 Å². The molecule has 0 radical (unpaired) electrons. The second kappa shape index (κ2) is 3.94. The van der Waals surface area contributed by atoms with Crippen molar-refractivity contribution >= 4 is 0 Å². The molecule has 1 saturated heterocycles. The van der Waals surface area contributed by atoms with E-state index in [-0.39, 0.29) is 0 Å². The third-order valence-corrected chi connectivity index (χ3v) is 2.12. The molecule has 1 fully saturated rings. The predicted molar refractivity (Wildman–Crippen MR) is 43.9 cm³/mol. The molecule has 0 aromatic rings. The van der Waals surface area contributed by atoms with E-state index in [9.17, 15) is 0 Å². The van der Waals surface area contributed by atoms with E-state index in [1.807, 2.05) is 7.05 Å². The Bertz CT molecular complexity index is 91.3. The van der Waals surface area contributed by atoms with E-state index in [4.69, 9.17) is 0 Å². The first-order chi connectivity index (χ1) is 4.83. The first-order valence-electron chi connectivity index (χ1n) is 4.20. The third kappa shape index (κ3) is 2.27. The number of nitrogens with zero attached hydrogens (tertiary/aromatic N) is 1. The lowest BCUT2D eigenvalue weighted by Crippen LogP contribution is -2.39. The topological polar surface area (TPSA) is 15.3 Å². The molecule has 2 nitrogen and oxygen atoms in total. The second-order valence-corrected chi connectivity index (χ2v) is 3.34. The number of hydrogen-bond donors (Lipinski definition) is 1. The van der Waals surface area contributed by atoms with Crippen molar-refractivity contribution in [2.24, 2.45) is 5.92 Å². The molecule has 1 rings (SSSR count). The van der Waals surface area contributed by atoms with Gasteiger partial charge in [-0.15, -0.1) is 0 Å². The van der Waals surface area contributed by atoms with Crippen molar-refractivity contribution in [3.63, 3.8) is 0 Å². The van der Waals surface area contributed by atoms with Crippen LogP contribution in [-0.2, 0) is 0 Å². The summed E-state index contributed by atoms with van der Waals surface area (Å²) in [7, 11) is 2.01. The van der Waals surface area contributed by atoms with E-state index in [1.54, 1.807) is 0 Å². The van der Waals surface area contributed by atoms with Gasteiger partial charge in [0.15, 0.2) is 0 Å². The maximum absolute atomic E-state index is 3.18. The molecule has 10 heavy (non-hydrogen) atoms. The normalized spacial score (nSPS) is 28.8. The third-order valence-electron chi connectivity index (χ3n) is 2.12. The van der Waals surface area contributed by atoms with Gasteiger partial charge in [0, 0.05) is 13.2 Å². The molecule has 0 saturated carbocycles. The Morgan fingerprint density at radius 3 is 3.00 bits per heavy atom. The van der Waals surface area contributed by atoms with Gasteiger partial charge in [0.2, 0.25) is 0 Å². The second-order valence-electron chi connectivity index (χ2n) is 3.34. The zero-order valence-electron chi connectivity index (χ0n) is 7.06. The average molecular weight is 142 g/mol. The van der Waals surface area contributed by atoms with Crippen LogP contribution in [0.25, 0.3) is 0 Å². The average Bonchev–Trinajstić information content (AvgIpc) is 1.88. The number of piperidine rings is 1. The molecule has 0 spiro atoms. The maximum Gasteiger partial charge on any atom is 0.0478 e. The minimum absolute atomic E-state index is 0.905. The van der Waals surface area contributed by atoms with Crippen LogP contribution in [0.15, 0.2) is 0 Å². The molecule has 2 heteroatoms. The number of hydrogen-bond acceptors (Lipinski definition) is 2. The summed E-state index contributed by atoms with van der Waals surface area (Å²) in [5.74, 6) is 0.905. The van der Waals surface area contributed by atoms with E-state index in [2.05, 4.69) is 17.1 Å². The summed E-state index contributed by atoms with van der Waals surface area (Å²) in [6.45, 7) is 5.96. The Balaban J connectivity index is 2.18. The molecule has 1 atom stereocenters. The predicted octanol–water partition coefficient (Wildman–Crippen LogP) is 0.895. The maximum atomic E-state index is 3.18. The van der Waals surface area contributed by atoms with Gasteiger partial charge in [-0.05, 0) is 32.4 Å². The van der Waals surface area contributed by atoms with Crippen molar-refractivity contribution in [3.8, 4) is 0 Å². The fourth-order valence-electron chi connectivity index (χ4n) is 1.65. The summed E-state index contributed by atoms with van der Waals surface area (Å²) in [4.78, 5) is 2.48. The highest BCUT2D eigenvalue weighted by molar-refractivity contribution is 4.68. The zero-order valence-corrected chi connectivity index (χ0v) is 7.06. The Labute approximate surface area is 63.6 Å². The molecule has 0 bridgehead atoms. The summed E-state index contributed by atoms with van der Waals surface area (Å²) in [5.41, 5.74) is 0. The van der Waals surface area contributed by atoms with Crippen LogP contribution in [0.5, 0.6) is 0 Å². The molecule has 1 unspecified atom stereocenters. The van der Waals surface area contributed by atoms with Crippen molar-refractivity contribution in [2.45, 2.75) is 19.8 Å². The van der Waals surface area contributed by atoms with Crippen molar-refractivity contribution < 1.29 is 0 Å². The summed E-state index contributed by atoms with van der Waals surface area (Å²) in [6.07, 6.45) is 2.79. The Kier molecular flexibility index (Phi) is 3.16. The van der Waals surface area contributed by atoms with Crippen LogP contribution in [0.1, 0.15) is 19.8 Å². The fraction of sp³-hybridized carbons (Fsp3) is 1.00. The molecule has 0 aromatic carbocycles. The SMILES string of the molecule is CNCN1CCCC(C)C1. The summed E-state index contributed by atoms with van der Waals surface area (Å²) in [5, 5.41) is 3.18. The van der Waals surface area contributed by atoms with E-state index in [0.29, 0.717) is 0 Å². The number of nitrogens with one attached hydrogen (secondary N) is 1. The standard InChI is InChI=1S/C8H18N2/c1-8-4-3-5-10(6-8)7-9-2/h8-9H,3-7H2,1-2H3. The largest absolute Gasteiger partial charge is 0.307 e. The minimum Gasteiger partial charge on any atom is -0.307 e. The van der Waals surface area contributed by atoms with Crippen LogP contribution in [0.3, 0.4) is 0 Å². The van der Waals surface area contributed by atoms with Crippen LogP contribution in [0.2, 0.25) is 0 Å². The summed E-state index contributed by atoms with van der Waals surface area (Å²) < 4.78 is 0. The minimum atomic E-state index is 0.905. The van der Waals surface area contributed by atoms with Gasteiger partial charge in [0.25, 0.3) is 0 Å². The molecule has 0 aromatic heterocycles. The molecular weight excluding hydrogens is 124 g/mol. The van der Waals surface area contributed by atoms with E-state index >= 15 is 0 Å². The van der Waals surface area contributed by atoms with Gasteiger partial charge in [-0.25, -0.2) is 0 Å². The van der Waals surface area contributed by atoms with Crippen LogP contribution in [0, 0.1) is 5.92 Å². The fourth-order valence-corrected chi connectivity index (χ4v) is 1.65. The summed E-state index contributed by atoms with van der Waals surface area (Å²) >= 11 is 0. The van der Waals surface area contributed by atoms with Crippen LogP contribution < -0.4 is 5.32 Å². The lowest BCUT2D eigenvalue weighted by Gasteiger charge is -2.30. The highest BCUT2D eigenvalue weighted by Crippen LogP contribution is 2.13. The molecular formula is C8H18N2. The molecule has 60 valence electrons. The quantitative estimate of drug-likeness (QED) is 0.616. The lowest BCUT2D eigenvalue weighted by molar-refractivity contribution is 0.176. The van der Waals surface area contributed by atoms with Gasteiger partial charge in [-0.1, -0.05) is 6.92 Å². The number of likely N-dealkylation sites (tertiary alicyclic amines) is 1. The molecule has 1 N–H and O–H groups in total. The van der Waals surface area contributed by atoms with Gasteiger partial charge < -0.3 is 5.32 Å². The first kappa shape index (κ1) is 8.02. The van der Waals surface area contributed by atoms with Gasteiger partial charge in [0.1, 0.15) is 0 Å². The smallest absolute Gasteiger partial charge is 0.0478 e. The Morgan fingerprint density at radius 2 is 2.40 bits per heavy atom. The van der Waals surface area contributed by atoms with Gasteiger partial charge in [-0.2, -0.15) is 0 Å². The van der Waals surface area contributed by atoms with Crippen molar-refractivity contribution in [1.29, 1.82) is 0 Å². The highest BCUT2D eigenvalue weighted by Gasteiger charge is 2.14. The van der Waals surface area contributed by atoms with Crippen LogP contribution in [0.4, 0.5) is 0 Å². The van der Waals surface area contributed by atoms with E-state index in [1.165, 1.54) is 25.9 Å². The zero-order chi connectivity index (χ0) is 7.40. The highest BCUT2D eigenvalue weighted by atomic mass is 15.2. The van der Waals surface area contributed by atoms with Gasteiger partial charge >= 0.3 is 0 Å². The molecule has 1 heterocycles. The van der Waals surface area contributed by atoms with Gasteiger partial charge in [-0.3, -0.25) is 4.90 Å². The molecule has 1 aliphatic rings. The van der Waals surface area contributed by atoms with Gasteiger partial charge in [0.05, 0.1) is 0 Å². The summed E-state index contributed by atoms with van der Waals surface area (Å²) in [6, 6.07) is 0. The van der Waals surface area contributed by atoms with Crippen LogP contribution in [-0.4, -0.2) is 31.7 Å². The van der Waals surface area contributed by atoms with E-state index in [0.717, 1.165) is 12.6 Å². The van der Waals surface area contributed by atoms with Crippen LogP contribution >= 0.6 is 0 Å². The molecule has 0 amide bonds. The van der Waals surface area contributed by atoms with Crippen molar-refractivity contribution in [3.05, 3.63) is 0 Å². The van der Waals surface area contributed by atoms with Crippen molar-refractivity contribution in [2.75, 3.05) is 26.8 Å². The molecule has 0 aliphatic carbocycles. The van der Waals surface area contributed by atoms with E-state index < -0.39 is 0 Å². The Morgan fingerprint density at radius 1 is 1.60 bits per heavy atom. The monoisotopic (exact) mass is 142 g/mol. The first-order valence-corrected chi connectivity index (χ1v) is 4.20.